The molecule has 1 aliphatic rings. The predicted octanol–water partition coefficient (Wildman–Crippen LogP) is 2.06. The van der Waals surface area contributed by atoms with Crippen LogP contribution in [0.2, 0.25) is 0 Å². The van der Waals surface area contributed by atoms with E-state index in [2.05, 4.69) is 25.8 Å². The fourth-order valence-corrected chi connectivity index (χ4v) is 3.82. The Bertz CT molecular complexity index is 948. The van der Waals surface area contributed by atoms with Crippen molar-refractivity contribution in [1.29, 1.82) is 0 Å². The number of carbonyl (C=O) groups excluding carboxylic acids is 1. The Hall–Kier alpha value is -3.10. The Labute approximate surface area is 182 Å². The van der Waals surface area contributed by atoms with Crippen molar-refractivity contribution in [3.63, 3.8) is 0 Å². The monoisotopic (exact) mass is 422 g/mol. The fraction of sp³-hybridized carbons (Fsp3) is 0.391. The maximum absolute atomic E-state index is 12.7. The van der Waals surface area contributed by atoms with Crippen LogP contribution < -0.4 is 20.7 Å². The Morgan fingerprint density at radius 2 is 1.94 bits per heavy atom. The minimum absolute atomic E-state index is 0.186. The summed E-state index contributed by atoms with van der Waals surface area (Å²) in [5.41, 5.74) is 2.93. The maximum atomic E-state index is 12.7. The number of benzene rings is 2. The lowest BCUT2D eigenvalue weighted by Crippen LogP contribution is -2.47. The minimum Gasteiger partial charge on any atom is -0.497 e. The van der Waals surface area contributed by atoms with Crippen molar-refractivity contribution in [3.05, 3.63) is 59.9 Å². The number of rotatable bonds is 8. The topological polar surface area (TPSA) is 94.3 Å². The number of nitrogens with one attached hydrogen (secondary N) is 4. The molecule has 2 amide bonds. The van der Waals surface area contributed by atoms with Gasteiger partial charge in [0.05, 0.1) is 24.2 Å². The number of para-hydroxylation sites is 2. The lowest BCUT2D eigenvalue weighted by molar-refractivity contribution is 0.224. The first-order chi connectivity index (χ1) is 15.2. The zero-order valence-electron chi connectivity index (χ0n) is 17.9. The third-order valence-corrected chi connectivity index (χ3v) is 5.57. The molecule has 2 aromatic carbocycles. The van der Waals surface area contributed by atoms with Gasteiger partial charge in [-0.1, -0.05) is 24.3 Å². The van der Waals surface area contributed by atoms with Crippen molar-refractivity contribution >= 4 is 17.1 Å². The highest BCUT2D eigenvalue weighted by Gasteiger charge is 2.19. The van der Waals surface area contributed by atoms with Crippen LogP contribution in [0.5, 0.6) is 5.75 Å². The molecule has 1 saturated heterocycles. The van der Waals surface area contributed by atoms with E-state index < -0.39 is 0 Å². The van der Waals surface area contributed by atoms with Crippen LogP contribution in [0, 0.1) is 0 Å². The number of urea groups is 1. The first-order valence-corrected chi connectivity index (χ1v) is 10.8. The zero-order valence-corrected chi connectivity index (χ0v) is 17.9. The van der Waals surface area contributed by atoms with E-state index in [0.29, 0.717) is 13.0 Å². The number of nitrogens with zero attached hydrogens (tertiary/aromatic N) is 2. The number of methoxy groups -OCH3 is 1. The van der Waals surface area contributed by atoms with Gasteiger partial charge in [-0.2, -0.15) is 0 Å². The van der Waals surface area contributed by atoms with Crippen molar-refractivity contribution in [3.8, 4) is 5.75 Å². The van der Waals surface area contributed by atoms with Crippen molar-refractivity contribution in [2.75, 3.05) is 46.4 Å². The van der Waals surface area contributed by atoms with E-state index in [0.717, 1.165) is 60.9 Å². The molecular formula is C23H30N6O2. The summed E-state index contributed by atoms with van der Waals surface area (Å²) in [6, 6.07) is 15.3. The summed E-state index contributed by atoms with van der Waals surface area (Å²) in [7, 11) is 1.65. The van der Waals surface area contributed by atoms with Gasteiger partial charge in [0.15, 0.2) is 0 Å². The van der Waals surface area contributed by atoms with Crippen LogP contribution in [0.25, 0.3) is 11.0 Å². The molecule has 8 heteroatoms. The van der Waals surface area contributed by atoms with E-state index in [9.17, 15) is 4.79 Å². The van der Waals surface area contributed by atoms with Gasteiger partial charge in [0.2, 0.25) is 0 Å². The smallest absolute Gasteiger partial charge is 0.315 e. The van der Waals surface area contributed by atoms with E-state index in [1.54, 1.807) is 7.11 Å². The first-order valence-electron chi connectivity index (χ1n) is 10.8. The van der Waals surface area contributed by atoms with Crippen LogP contribution in [0.15, 0.2) is 48.5 Å². The van der Waals surface area contributed by atoms with E-state index >= 15 is 0 Å². The number of fused-ring (bicyclic) bond motifs is 1. The zero-order chi connectivity index (χ0) is 21.5. The van der Waals surface area contributed by atoms with Gasteiger partial charge < -0.3 is 25.7 Å². The second-order valence-corrected chi connectivity index (χ2v) is 7.74. The molecule has 164 valence electrons. The summed E-state index contributed by atoms with van der Waals surface area (Å²) >= 11 is 0. The number of piperazine rings is 1. The van der Waals surface area contributed by atoms with Crippen LogP contribution >= 0.6 is 0 Å². The molecule has 2 heterocycles. The normalized spacial score (nSPS) is 15.5. The third kappa shape index (κ3) is 5.74. The summed E-state index contributed by atoms with van der Waals surface area (Å²) in [6.07, 6.45) is 0.620. The number of aromatic nitrogens is 2. The number of hydrogen-bond donors (Lipinski definition) is 4. The highest BCUT2D eigenvalue weighted by molar-refractivity contribution is 5.76. The first kappa shape index (κ1) is 21.1. The van der Waals surface area contributed by atoms with Gasteiger partial charge in [0, 0.05) is 39.3 Å². The molecule has 1 aliphatic heterocycles. The predicted molar refractivity (Wildman–Crippen MR) is 121 cm³/mol. The number of carbonyl (C=O) groups is 1. The summed E-state index contributed by atoms with van der Waals surface area (Å²) in [5, 5.41) is 9.44. The van der Waals surface area contributed by atoms with Crippen molar-refractivity contribution in [1.82, 2.24) is 30.8 Å². The van der Waals surface area contributed by atoms with Gasteiger partial charge >= 0.3 is 6.03 Å². The van der Waals surface area contributed by atoms with Crippen molar-refractivity contribution < 1.29 is 9.53 Å². The van der Waals surface area contributed by atoms with Gasteiger partial charge in [0.1, 0.15) is 11.6 Å². The molecule has 1 aromatic heterocycles. The average molecular weight is 423 g/mol. The number of amides is 2. The maximum Gasteiger partial charge on any atom is 0.315 e. The lowest BCUT2D eigenvalue weighted by atomic mass is 10.1. The van der Waals surface area contributed by atoms with Gasteiger partial charge in [0.25, 0.3) is 0 Å². The lowest BCUT2D eigenvalue weighted by Gasteiger charge is -2.27. The molecule has 4 rings (SSSR count). The molecule has 0 saturated carbocycles. The molecule has 0 radical (unpaired) electrons. The van der Waals surface area contributed by atoms with E-state index in [-0.39, 0.29) is 12.1 Å². The molecule has 31 heavy (non-hydrogen) atoms. The largest absolute Gasteiger partial charge is 0.497 e. The fourth-order valence-electron chi connectivity index (χ4n) is 3.82. The molecule has 3 aromatic rings. The summed E-state index contributed by atoms with van der Waals surface area (Å²) in [6.45, 7) is 5.50. The molecule has 0 spiro atoms. The molecule has 1 fully saturated rings. The number of hydrogen-bond acceptors (Lipinski definition) is 5. The van der Waals surface area contributed by atoms with Crippen molar-refractivity contribution in [2.24, 2.45) is 0 Å². The van der Waals surface area contributed by atoms with Crippen LogP contribution in [0.4, 0.5) is 4.79 Å². The van der Waals surface area contributed by atoms with E-state index in [1.807, 2.05) is 48.5 Å². The summed E-state index contributed by atoms with van der Waals surface area (Å²) in [5.74, 6) is 1.55. The molecule has 1 unspecified atom stereocenters. The molecule has 8 nitrogen and oxygen atoms in total. The van der Waals surface area contributed by atoms with Gasteiger partial charge in [-0.15, -0.1) is 0 Å². The SMILES string of the molecule is COc1ccc(CC(NC(=O)NCCN2CCNCC2)c2nc3ccccc3[nH]2)cc1. The number of imidazole rings is 1. The van der Waals surface area contributed by atoms with Gasteiger partial charge in [-0.25, -0.2) is 9.78 Å². The Morgan fingerprint density at radius 3 is 2.68 bits per heavy atom. The van der Waals surface area contributed by atoms with E-state index in [1.165, 1.54) is 0 Å². The molecule has 0 bridgehead atoms. The number of H-pyrrole nitrogens is 1. The van der Waals surface area contributed by atoms with Crippen molar-refractivity contribution in [2.45, 2.75) is 12.5 Å². The van der Waals surface area contributed by atoms with Crippen LogP contribution in [-0.4, -0.2) is 67.3 Å². The minimum atomic E-state index is -0.278. The quantitative estimate of drug-likeness (QED) is 0.446. The average Bonchev–Trinajstić information content (AvgIpc) is 3.24. The Balaban J connectivity index is 1.42. The van der Waals surface area contributed by atoms with Gasteiger partial charge in [-0.3, -0.25) is 4.90 Å². The second-order valence-electron chi connectivity index (χ2n) is 7.74. The summed E-state index contributed by atoms with van der Waals surface area (Å²) < 4.78 is 5.25. The van der Waals surface area contributed by atoms with E-state index in [4.69, 9.17) is 9.72 Å². The standard InChI is InChI=1S/C23H30N6O2/c1-31-18-8-6-17(7-9-18)16-21(22-26-19-4-2-3-5-20(19)27-22)28-23(30)25-12-15-29-13-10-24-11-14-29/h2-9,21,24H,10-16H2,1H3,(H,26,27)(H2,25,28,30). The van der Waals surface area contributed by atoms with Crippen LogP contribution in [0.3, 0.4) is 0 Å². The summed E-state index contributed by atoms with van der Waals surface area (Å²) in [4.78, 5) is 23.1. The van der Waals surface area contributed by atoms with Crippen LogP contribution in [0.1, 0.15) is 17.4 Å². The van der Waals surface area contributed by atoms with Gasteiger partial charge in [-0.05, 0) is 36.2 Å². The Kier molecular flexibility index (Phi) is 7.01. The second kappa shape index (κ2) is 10.3. The Morgan fingerprint density at radius 1 is 1.16 bits per heavy atom. The molecule has 4 N–H and O–H groups in total. The third-order valence-electron chi connectivity index (χ3n) is 5.57. The molecular weight excluding hydrogens is 392 g/mol. The molecule has 0 aliphatic carbocycles. The molecule has 1 atom stereocenters. The van der Waals surface area contributed by atoms with Crippen LogP contribution in [-0.2, 0) is 6.42 Å². The highest BCUT2D eigenvalue weighted by atomic mass is 16.5. The number of aromatic amines is 1. The highest BCUT2D eigenvalue weighted by Crippen LogP contribution is 2.21. The number of ether oxygens (including phenoxy) is 1.